The zero-order valence-corrected chi connectivity index (χ0v) is 12.6. The quantitative estimate of drug-likeness (QED) is 0.724. The molecule has 0 spiro atoms. The van der Waals surface area contributed by atoms with Crippen LogP contribution in [-0.2, 0) is 0 Å². The van der Waals surface area contributed by atoms with E-state index in [1.807, 2.05) is 0 Å². The molecule has 0 radical (unpaired) electrons. The molecule has 0 aliphatic heterocycles. The van der Waals surface area contributed by atoms with Gasteiger partial charge in [0, 0.05) is 6.04 Å². The van der Waals surface area contributed by atoms with E-state index in [-0.39, 0.29) is 0 Å². The van der Waals surface area contributed by atoms with E-state index in [2.05, 4.69) is 55.4 Å². The molecule has 0 amide bonds. The molecule has 1 nitrogen and oxygen atoms in total. The maximum absolute atomic E-state index is 6.40. The lowest BCUT2D eigenvalue weighted by atomic mass is 9.72. The third-order valence-electron chi connectivity index (χ3n) is 4.98. The van der Waals surface area contributed by atoms with Crippen molar-refractivity contribution in [2.24, 2.45) is 41.2 Å². The summed E-state index contributed by atoms with van der Waals surface area (Å²) in [5.74, 6) is 4.10. The molecule has 0 aliphatic carbocycles. The van der Waals surface area contributed by atoms with Crippen molar-refractivity contribution in [1.29, 1.82) is 0 Å². The standard InChI is InChI=1S/C15H33N/c1-9(2)11(5)13(7)14(8)15(16)12(6)10(3)4/h9-15H,16H2,1-8H3. The molecule has 2 N–H and O–H groups in total. The van der Waals surface area contributed by atoms with Gasteiger partial charge in [-0.2, -0.15) is 0 Å². The fraction of sp³-hybridized carbons (Fsp3) is 1.00. The second kappa shape index (κ2) is 6.64. The van der Waals surface area contributed by atoms with Crippen molar-refractivity contribution in [2.45, 2.75) is 61.4 Å². The van der Waals surface area contributed by atoms with Crippen molar-refractivity contribution in [3.05, 3.63) is 0 Å². The minimum Gasteiger partial charge on any atom is -0.327 e. The second-order valence-electron chi connectivity index (χ2n) is 6.50. The van der Waals surface area contributed by atoms with Gasteiger partial charge in [0.15, 0.2) is 0 Å². The maximum Gasteiger partial charge on any atom is 0.00954 e. The van der Waals surface area contributed by atoms with Gasteiger partial charge in [-0.05, 0) is 35.5 Å². The van der Waals surface area contributed by atoms with Crippen molar-refractivity contribution in [1.82, 2.24) is 0 Å². The monoisotopic (exact) mass is 227 g/mol. The highest BCUT2D eigenvalue weighted by Gasteiger charge is 2.29. The molecule has 1 heteroatoms. The first-order chi connectivity index (χ1) is 7.20. The van der Waals surface area contributed by atoms with Gasteiger partial charge in [-0.25, -0.2) is 0 Å². The zero-order valence-electron chi connectivity index (χ0n) is 12.6. The highest BCUT2D eigenvalue weighted by Crippen LogP contribution is 2.31. The molecule has 0 heterocycles. The minimum absolute atomic E-state index is 0.330. The summed E-state index contributed by atoms with van der Waals surface area (Å²) < 4.78 is 0. The summed E-state index contributed by atoms with van der Waals surface area (Å²) in [5.41, 5.74) is 6.40. The molecule has 0 aromatic carbocycles. The smallest absolute Gasteiger partial charge is 0.00954 e. The van der Waals surface area contributed by atoms with Crippen molar-refractivity contribution >= 4 is 0 Å². The highest BCUT2D eigenvalue weighted by atomic mass is 14.7. The molecule has 0 saturated heterocycles. The maximum atomic E-state index is 6.40. The molecule has 5 atom stereocenters. The summed E-state index contributed by atoms with van der Waals surface area (Å²) in [4.78, 5) is 0. The summed E-state index contributed by atoms with van der Waals surface area (Å²) in [6, 6.07) is 0.330. The Labute approximate surface area is 103 Å². The van der Waals surface area contributed by atoms with E-state index < -0.39 is 0 Å². The van der Waals surface area contributed by atoms with Crippen LogP contribution >= 0.6 is 0 Å². The van der Waals surface area contributed by atoms with E-state index in [4.69, 9.17) is 5.73 Å². The minimum atomic E-state index is 0.330. The summed E-state index contributed by atoms with van der Waals surface area (Å²) in [6.07, 6.45) is 0. The van der Waals surface area contributed by atoms with Gasteiger partial charge in [-0.3, -0.25) is 0 Å². The van der Waals surface area contributed by atoms with Crippen LogP contribution in [0, 0.1) is 35.5 Å². The van der Waals surface area contributed by atoms with Crippen LogP contribution in [0.15, 0.2) is 0 Å². The summed E-state index contributed by atoms with van der Waals surface area (Å²) >= 11 is 0. The predicted octanol–water partition coefficient (Wildman–Crippen LogP) is 4.17. The van der Waals surface area contributed by atoms with Crippen LogP contribution in [0.3, 0.4) is 0 Å². The number of rotatable bonds is 6. The first-order valence-electron chi connectivity index (χ1n) is 6.95. The second-order valence-corrected chi connectivity index (χ2v) is 6.50. The summed E-state index contributed by atoms with van der Waals surface area (Å²) in [6.45, 7) is 18.5. The Balaban J connectivity index is 4.48. The van der Waals surface area contributed by atoms with Gasteiger partial charge >= 0.3 is 0 Å². The fourth-order valence-corrected chi connectivity index (χ4v) is 2.36. The molecular formula is C15H33N. The molecule has 5 unspecified atom stereocenters. The van der Waals surface area contributed by atoms with Crippen LogP contribution in [0.2, 0.25) is 0 Å². The van der Waals surface area contributed by atoms with Crippen molar-refractivity contribution < 1.29 is 0 Å². The number of hydrogen-bond acceptors (Lipinski definition) is 1. The van der Waals surface area contributed by atoms with Crippen LogP contribution in [-0.4, -0.2) is 6.04 Å². The Kier molecular flexibility index (Phi) is 6.62. The van der Waals surface area contributed by atoms with Crippen LogP contribution in [0.1, 0.15) is 55.4 Å². The van der Waals surface area contributed by atoms with E-state index in [0.29, 0.717) is 29.7 Å². The van der Waals surface area contributed by atoms with Gasteiger partial charge in [0.25, 0.3) is 0 Å². The van der Waals surface area contributed by atoms with Crippen LogP contribution in [0.5, 0.6) is 0 Å². The first kappa shape index (κ1) is 16.0. The Morgan fingerprint density at radius 3 is 1.19 bits per heavy atom. The van der Waals surface area contributed by atoms with Crippen molar-refractivity contribution in [2.75, 3.05) is 0 Å². The third kappa shape index (κ3) is 4.08. The number of nitrogens with two attached hydrogens (primary N) is 1. The van der Waals surface area contributed by atoms with Gasteiger partial charge in [-0.1, -0.05) is 55.4 Å². The van der Waals surface area contributed by atoms with Crippen molar-refractivity contribution in [3.63, 3.8) is 0 Å². The van der Waals surface area contributed by atoms with E-state index >= 15 is 0 Å². The van der Waals surface area contributed by atoms with Gasteiger partial charge in [-0.15, -0.1) is 0 Å². The molecule has 0 saturated carbocycles. The molecular weight excluding hydrogens is 194 g/mol. The van der Waals surface area contributed by atoms with Gasteiger partial charge < -0.3 is 5.73 Å². The number of hydrogen-bond donors (Lipinski definition) is 1. The summed E-state index contributed by atoms with van der Waals surface area (Å²) in [5, 5.41) is 0. The molecule has 0 aliphatic rings. The Morgan fingerprint density at radius 1 is 0.500 bits per heavy atom. The van der Waals surface area contributed by atoms with Gasteiger partial charge in [0.2, 0.25) is 0 Å². The zero-order chi connectivity index (χ0) is 13.0. The average Bonchev–Trinajstić information content (AvgIpc) is 2.23. The normalized spacial score (nSPS) is 21.9. The first-order valence-corrected chi connectivity index (χ1v) is 6.95. The molecule has 0 aromatic rings. The Hall–Kier alpha value is -0.0400. The van der Waals surface area contributed by atoms with Crippen LogP contribution < -0.4 is 5.73 Å². The summed E-state index contributed by atoms with van der Waals surface area (Å²) in [7, 11) is 0. The largest absolute Gasteiger partial charge is 0.327 e. The van der Waals surface area contributed by atoms with Crippen molar-refractivity contribution in [3.8, 4) is 0 Å². The lowest BCUT2D eigenvalue weighted by molar-refractivity contribution is 0.161. The van der Waals surface area contributed by atoms with Gasteiger partial charge in [0.1, 0.15) is 0 Å². The molecule has 0 aromatic heterocycles. The molecule has 98 valence electrons. The van der Waals surface area contributed by atoms with E-state index in [1.54, 1.807) is 0 Å². The Morgan fingerprint density at radius 2 is 0.875 bits per heavy atom. The van der Waals surface area contributed by atoms with Crippen LogP contribution in [0.4, 0.5) is 0 Å². The predicted molar refractivity (Wildman–Crippen MR) is 74.3 cm³/mol. The molecule has 0 rings (SSSR count). The highest BCUT2D eigenvalue weighted by molar-refractivity contribution is 4.82. The Bertz CT molecular complexity index is 166. The van der Waals surface area contributed by atoms with Crippen LogP contribution in [0.25, 0.3) is 0 Å². The van der Waals surface area contributed by atoms with E-state index in [0.717, 1.165) is 11.8 Å². The third-order valence-corrected chi connectivity index (χ3v) is 4.98. The van der Waals surface area contributed by atoms with Gasteiger partial charge in [0.05, 0.1) is 0 Å². The molecule has 0 bridgehead atoms. The fourth-order valence-electron chi connectivity index (χ4n) is 2.36. The topological polar surface area (TPSA) is 26.0 Å². The lowest BCUT2D eigenvalue weighted by Gasteiger charge is -2.36. The molecule has 0 fully saturated rings. The SMILES string of the molecule is CC(C)C(C)C(C)C(C)C(N)C(C)C(C)C. The molecule has 16 heavy (non-hydrogen) atoms. The van der Waals surface area contributed by atoms with E-state index in [1.165, 1.54) is 0 Å². The van der Waals surface area contributed by atoms with E-state index in [9.17, 15) is 0 Å². The lowest BCUT2D eigenvalue weighted by Crippen LogP contribution is -2.42. The average molecular weight is 227 g/mol.